The van der Waals surface area contributed by atoms with Crippen molar-refractivity contribution in [1.29, 1.82) is 0 Å². The minimum absolute atomic E-state index is 0.135. The van der Waals surface area contributed by atoms with Crippen LogP contribution in [0, 0.1) is 24.5 Å². The van der Waals surface area contributed by atoms with Gasteiger partial charge in [-0.15, -0.1) is 0 Å². The zero-order chi connectivity index (χ0) is 31.9. The van der Waals surface area contributed by atoms with Crippen LogP contribution in [0.2, 0.25) is 5.02 Å². The minimum Gasteiger partial charge on any atom is -0.369 e. The second-order valence-electron chi connectivity index (χ2n) is 11.6. The van der Waals surface area contributed by atoms with Gasteiger partial charge in [0.25, 0.3) is 0 Å². The average molecular weight is 659 g/mol. The van der Waals surface area contributed by atoms with E-state index in [2.05, 4.69) is 20.6 Å². The topological polar surface area (TPSA) is 148 Å². The number of sulfonamides is 1. The summed E-state index contributed by atoms with van der Waals surface area (Å²) in [6.07, 6.45) is 5.22. The first-order valence-electron chi connectivity index (χ1n) is 14.8. The Morgan fingerprint density at radius 3 is 2.49 bits per heavy atom. The smallest absolute Gasteiger partial charge is 0.243 e. The van der Waals surface area contributed by atoms with Crippen LogP contribution in [0.3, 0.4) is 0 Å². The molecule has 1 unspecified atom stereocenters. The van der Waals surface area contributed by atoms with Gasteiger partial charge in [-0.3, -0.25) is 9.36 Å². The van der Waals surface area contributed by atoms with E-state index < -0.39 is 21.7 Å². The molecule has 15 heteroatoms. The molecule has 1 atom stereocenters. The molecule has 0 bridgehead atoms. The summed E-state index contributed by atoms with van der Waals surface area (Å²) < 4.78 is 58.5. The van der Waals surface area contributed by atoms with Crippen molar-refractivity contribution in [3.63, 3.8) is 0 Å². The molecule has 45 heavy (non-hydrogen) atoms. The Morgan fingerprint density at radius 1 is 1.07 bits per heavy atom. The number of nitrogens with one attached hydrogen (secondary N) is 2. The van der Waals surface area contributed by atoms with Gasteiger partial charge in [0.2, 0.25) is 27.8 Å². The first-order chi connectivity index (χ1) is 21.5. The molecule has 2 aromatic heterocycles. The van der Waals surface area contributed by atoms with E-state index in [0.29, 0.717) is 56.2 Å². The van der Waals surface area contributed by atoms with Gasteiger partial charge in [0.15, 0.2) is 11.5 Å². The average Bonchev–Trinajstić information content (AvgIpc) is 3.36. The Kier molecular flexibility index (Phi) is 8.63. The van der Waals surface area contributed by atoms with Crippen molar-refractivity contribution in [3.05, 3.63) is 64.8 Å². The highest BCUT2D eigenvalue weighted by atomic mass is 35.5. The zero-order valence-corrected chi connectivity index (χ0v) is 26.1. The van der Waals surface area contributed by atoms with Gasteiger partial charge in [0, 0.05) is 37.2 Å². The summed E-state index contributed by atoms with van der Waals surface area (Å²) in [5, 5.41) is 6.07. The standard InChI is InChI=1S/C30H33ClF2N8O3S/c1-17-4-10-22(11-5-17)45(43,44)40-12-2-3-20(16-40)36-29-35-15-25-28(39-29)41(21-8-6-18(7-9-21)27(34)42)30(37-25)38-26-23(31)13-19(32)14-24(26)33/h4-5,10-11,13-15,18,20-21H,2-3,6-9,12,16H2,1H3,(H2,34,42)(H,37,38)(H,35,36,39). The summed E-state index contributed by atoms with van der Waals surface area (Å²) in [5.74, 6) is -1.76. The number of aromatic nitrogens is 4. The van der Waals surface area contributed by atoms with Gasteiger partial charge in [0.1, 0.15) is 11.3 Å². The fourth-order valence-electron chi connectivity index (χ4n) is 6.11. The number of fused-ring (bicyclic) bond motifs is 1. The number of benzene rings is 2. The number of imidazole rings is 1. The fourth-order valence-corrected chi connectivity index (χ4v) is 7.87. The van der Waals surface area contributed by atoms with Crippen molar-refractivity contribution in [2.24, 2.45) is 11.7 Å². The summed E-state index contributed by atoms with van der Waals surface area (Å²) in [5.41, 5.74) is 7.27. The molecule has 0 spiro atoms. The number of piperidine rings is 1. The predicted octanol–water partition coefficient (Wildman–Crippen LogP) is 5.29. The lowest BCUT2D eigenvalue weighted by molar-refractivity contribution is -0.122. The molecule has 1 aliphatic heterocycles. The first-order valence-corrected chi connectivity index (χ1v) is 16.6. The van der Waals surface area contributed by atoms with Gasteiger partial charge in [0.05, 0.1) is 21.8 Å². The Morgan fingerprint density at radius 2 is 1.80 bits per heavy atom. The Labute approximate surface area is 264 Å². The number of nitrogens with two attached hydrogens (primary N) is 1. The van der Waals surface area contributed by atoms with Crippen LogP contribution in [0.1, 0.15) is 50.1 Å². The first kappa shape index (κ1) is 31.1. The molecule has 1 aliphatic carbocycles. The quantitative estimate of drug-likeness (QED) is 0.231. The highest BCUT2D eigenvalue weighted by molar-refractivity contribution is 7.89. The van der Waals surface area contributed by atoms with Gasteiger partial charge >= 0.3 is 0 Å². The number of aryl methyl sites for hydroxylation is 1. The van der Waals surface area contributed by atoms with Crippen LogP contribution in [-0.4, -0.2) is 57.3 Å². The molecule has 6 rings (SSSR count). The van der Waals surface area contributed by atoms with Crippen LogP contribution in [0.15, 0.2) is 47.5 Å². The van der Waals surface area contributed by atoms with Crippen LogP contribution in [0.5, 0.6) is 0 Å². The molecule has 2 aromatic carbocycles. The predicted molar refractivity (Wildman–Crippen MR) is 167 cm³/mol. The number of primary amides is 1. The maximum absolute atomic E-state index is 14.8. The molecule has 238 valence electrons. The van der Waals surface area contributed by atoms with Crippen LogP contribution in [0.4, 0.5) is 26.4 Å². The lowest BCUT2D eigenvalue weighted by atomic mass is 9.85. The molecular weight excluding hydrogens is 626 g/mol. The normalized spacial score (nSPS) is 21.1. The van der Waals surface area contributed by atoms with E-state index in [1.807, 2.05) is 11.5 Å². The number of anilines is 3. The summed E-state index contributed by atoms with van der Waals surface area (Å²) >= 11 is 6.18. The molecule has 1 saturated carbocycles. The van der Waals surface area contributed by atoms with Gasteiger partial charge in [-0.05, 0) is 63.6 Å². The number of hydrogen-bond acceptors (Lipinski definition) is 8. The van der Waals surface area contributed by atoms with Crippen molar-refractivity contribution in [2.75, 3.05) is 23.7 Å². The monoisotopic (exact) mass is 658 g/mol. The van der Waals surface area contributed by atoms with Gasteiger partial charge in [-0.25, -0.2) is 27.2 Å². The second-order valence-corrected chi connectivity index (χ2v) is 14.0. The Hall–Kier alpha value is -3.88. The van der Waals surface area contributed by atoms with E-state index in [1.54, 1.807) is 24.3 Å². The summed E-state index contributed by atoms with van der Waals surface area (Å²) in [7, 11) is -3.67. The van der Waals surface area contributed by atoms with E-state index in [0.717, 1.165) is 17.7 Å². The highest BCUT2D eigenvalue weighted by Crippen LogP contribution is 2.38. The number of hydrogen-bond donors (Lipinski definition) is 3. The molecule has 11 nitrogen and oxygen atoms in total. The van der Waals surface area contributed by atoms with Crippen LogP contribution < -0.4 is 16.4 Å². The molecular formula is C30H33ClF2N8O3S. The second kappa shape index (κ2) is 12.5. The van der Waals surface area contributed by atoms with Gasteiger partial charge < -0.3 is 16.4 Å². The number of halogens is 3. The van der Waals surface area contributed by atoms with Crippen LogP contribution in [-0.2, 0) is 14.8 Å². The highest BCUT2D eigenvalue weighted by Gasteiger charge is 2.32. The van der Waals surface area contributed by atoms with E-state index in [4.69, 9.17) is 22.3 Å². The Bertz CT molecular complexity index is 1820. The van der Waals surface area contributed by atoms with Crippen LogP contribution >= 0.6 is 11.6 Å². The molecule has 4 N–H and O–H groups in total. The van der Waals surface area contributed by atoms with Crippen molar-refractivity contribution < 1.29 is 22.0 Å². The molecule has 2 aliphatic rings. The number of carbonyl (C=O) groups is 1. The van der Waals surface area contributed by atoms with Crippen molar-refractivity contribution in [1.82, 2.24) is 23.8 Å². The summed E-state index contributed by atoms with van der Waals surface area (Å²) in [4.78, 5) is 25.9. The summed E-state index contributed by atoms with van der Waals surface area (Å²) in [6.45, 7) is 2.55. The lowest BCUT2D eigenvalue weighted by Gasteiger charge is -2.32. The SMILES string of the molecule is Cc1ccc(S(=O)(=O)N2CCCC(Nc3ncc4nc(Nc5c(F)cc(F)cc5Cl)n(C5CCC(C(N)=O)CC5)c4n3)C2)cc1. The summed E-state index contributed by atoms with van der Waals surface area (Å²) in [6, 6.07) is 8.12. The van der Waals surface area contributed by atoms with Crippen molar-refractivity contribution in [2.45, 2.75) is 62.4 Å². The lowest BCUT2D eigenvalue weighted by Crippen LogP contribution is -2.45. The molecule has 1 amide bonds. The molecule has 2 fully saturated rings. The van der Waals surface area contributed by atoms with E-state index in [-0.39, 0.29) is 58.0 Å². The fraction of sp³-hybridized carbons (Fsp3) is 0.400. The molecule has 4 aromatic rings. The van der Waals surface area contributed by atoms with E-state index in [1.165, 1.54) is 10.5 Å². The van der Waals surface area contributed by atoms with Crippen molar-refractivity contribution in [3.8, 4) is 0 Å². The van der Waals surface area contributed by atoms with E-state index >= 15 is 0 Å². The number of rotatable bonds is 8. The van der Waals surface area contributed by atoms with E-state index in [9.17, 15) is 22.0 Å². The Balaban J connectivity index is 1.30. The van der Waals surface area contributed by atoms with Crippen molar-refractivity contribution >= 4 is 56.3 Å². The number of amides is 1. The van der Waals surface area contributed by atoms with Gasteiger partial charge in [-0.2, -0.15) is 9.29 Å². The maximum Gasteiger partial charge on any atom is 0.243 e. The number of nitrogens with zero attached hydrogens (tertiary/aromatic N) is 5. The third-order valence-electron chi connectivity index (χ3n) is 8.52. The third kappa shape index (κ3) is 6.44. The van der Waals surface area contributed by atoms with Gasteiger partial charge in [-0.1, -0.05) is 29.3 Å². The van der Waals surface area contributed by atoms with Crippen LogP contribution in [0.25, 0.3) is 11.2 Å². The molecule has 1 saturated heterocycles. The maximum atomic E-state index is 14.8. The minimum atomic E-state index is -3.67. The third-order valence-corrected chi connectivity index (χ3v) is 10.7. The number of carbonyl (C=O) groups excluding carboxylic acids is 1. The largest absolute Gasteiger partial charge is 0.369 e. The molecule has 3 heterocycles. The molecule has 0 radical (unpaired) electrons. The zero-order valence-electron chi connectivity index (χ0n) is 24.5.